The maximum absolute atomic E-state index is 5.87. The molecule has 1 heterocycles. The van der Waals surface area contributed by atoms with Crippen LogP contribution in [0.3, 0.4) is 0 Å². The van der Waals surface area contributed by atoms with Crippen molar-refractivity contribution in [3.63, 3.8) is 0 Å². The average molecular weight is 249 g/mol. The van der Waals surface area contributed by atoms with Gasteiger partial charge in [-0.25, -0.2) is 0 Å². The molecular weight excluding hydrogens is 234 g/mol. The lowest BCUT2D eigenvalue weighted by Gasteiger charge is -2.07. The molecule has 0 spiro atoms. The molecule has 1 unspecified atom stereocenters. The Morgan fingerprint density at radius 1 is 1.38 bits per heavy atom. The molecule has 1 aromatic heterocycles. The molecule has 0 bridgehead atoms. The van der Waals surface area contributed by atoms with Crippen molar-refractivity contribution in [2.75, 3.05) is 0 Å². The monoisotopic (exact) mass is 249 g/mol. The SMILES string of the molecule is CC(N)c1cccc(SCc2ccsc2)c1. The summed E-state index contributed by atoms with van der Waals surface area (Å²) in [6.07, 6.45) is 0. The Morgan fingerprint density at radius 2 is 2.25 bits per heavy atom. The van der Waals surface area contributed by atoms with Crippen molar-refractivity contribution in [2.24, 2.45) is 5.73 Å². The van der Waals surface area contributed by atoms with Gasteiger partial charge in [0.2, 0.25) is 0 Å². The number of hydrogen-bond donors (Lipinski definition) is 1. The molecule has 0 aliphatic carbocycles. The van der Waals surface area contributed by atoms with E-state index in [1.165, 1.54) is 16.0 Å². The summed E-state index contributed by atoms with van der Waals surface area (Å²) in [7, 11) is 0. The Balaban J connectivity index is 2.01. The smallest absolute Gasteiger partial charge is 0.0266 e. The molecule has 1 aromatic carbocycles. The lowest BCUT2D eigenvalue weighted by molar-refractivity contribution is 0.815. The molecule has 0 amide bonds. The van der Waals surface area contributed by atoms with Gasteiger partial charge >= 0.3 is 0 Å². The van der Waals surface area contributed by atoms with Gasteiger partial charge in [-0.05, 0) is 47.0 Å². The van der Waals surface area contributed by atoms with Crippen molar-refractivity contribution < 1.29 is 0 Å². The second-order valence-corrected chi connectivity index (χ2v) is 5.61. The zero-order valence-corrected chi connectivity index (χ0v) is 10.9. The first kappa shape index (κ1) is 11.7. The zero-order valence-electron chi connectivity index (χ0n) is 9.22. The fourth-order valence-electron chi connectivity index (χ4n) is 1.43. The highest BCUT2D eigenvalue weighted by Gasteiger charge is 2.01. The molecule has 1 atom stereocenters. The van der Waals surface area contributed by atoms with Crippen LogP contribution in [0.4, 0.5) is 0 Å². The first-order chi connectivity index (χ1) is 7.75. The van der Waals surface area contributed by atoms with Crippen LogP contribution >= 0.6 is 23.1 Å². The third kappa shape index (κ3) is 3.11. The summed E-state index contributed by atoms with van der Waals surface area (Å²) in [6.45, 7) is 2.02. The molecule has 0 fully saturated rings. The summed E-state index contributed by atoms with van der Waals surface area (Å²) >= 11 is 3.61. The normalized spacial score (nSPS) is 12.6. The van der Waals surface area contributed by atoms with Crippen molar-refractivity contribution in [2.45, 2.75) is 23.6 Å². The maximum atomic E-state index is 5.87. The van der Waals surface area contributed by atoms with Crippen LogP contribution in [0.5, 0.6) is 0 Å². The van der Waals surface area contributed by atoms with E-state index in [1.54, 1.807) is 11.3 Å². The summed E-state index contributed by atoms with van der Waals surface area (Å²) < 4.78 is 0. The van der Waals surface area contributed by atoms with E-state index in [2.05, 4.69) is 41.1 Å². The molecule has 2 N–H and O–H groups in total. The Morgan fingerprint density at radius 3 is 2.94 bits per heavy atom. The molecule has 1 nitrogen and oxygen atoms in total. The van der Waals surface area contributed by atoms with Crippen molar-refractivity contribution in [1.29, 1.82) is 0 Å². The topological polar surface area (TPSA) is 26.0 Å². The first-order valence-corrected chi connectivity index (χ1v) is 7.18. The Hall–Kier alpha value is -0.770. The molecule has 0 saturated heterocycles. The Labute approximate surface area is 105 Å². The van der Waals surface area contributed by atoms with Crippen LogP contribution in [0.15, 0.2) is 46.0 Å². The molecule has 2 rings (SSSR count). The first-order valence-electron chi connectivity index (χ1n) is 5.25. The number of rotatable bonds is 4. The van der Waals surface area contributed by atoms with Crippen LogP contribution in [-0.4, -0.2) is 0 Å². The van der Waals surface area contributed by atoms with E-state index in [0.29, 0.717) is 0 Å². The van der Waals surface area contributed by atoms with Crippen molar-refractivity contribution in [1.82, 2.24) is 0 Å². The molecule has 0 aliphatic heterocycles. The van der Waals surface area contributed by atoms with Gasteiger partial charge in [-0.3, -0.25) is 0 Å². The number of thiophene rings is 1. The standard InChI is InChI=1S/C13H15NS2/c1-10(14)12-3-2-4-13(7-12)16-9-11-5-6-15-8-11/h2-8,10H,9,14H2,1H3. The van der Waals surface area contributed by atoms with Crippen LogP contribution in [0.2, 0.25) is 0 Å². The minimum atomic E-state index is 0.113. The van der Waals surface area contributed by atoms with E-state index in [4.69, 9.17) is 5.73 Å². The predicted octanol–water partition coefficient (Wildman–Crippen LogP) is 4.06. The number of nitrogens with two attached hydrogens (primary N) is 1. The lowest BCUT2D eigenvalue weighted by atomic mass is 10.1. The lowest BCUT2D eigenvalue weighted by Crippen LogP contribution is -2.04. The number of benzene rings is 1. The van der Waals surface area contributed by atoms with Crippen LogP contribution in [0, 0.1) is 0 Å². The Kier molecular flexibility index (Phi) is 4.04. The maximum Gasteiger partial charge on any atom is 0.0266 e. The van der Waals surface area contributed by atoms with Crippen molar-refractivity contribution in [3.8, 4) is 0 Å². The van der Waals surface area contributed by atoms with Gasteiger partial charge in [0.25, 0.3) is 0 Å². The third-order valence-electron chi connectivity index (χ3n) is 2.37. The van der Waals surface area contributed by atoms with Gasteiger partial charge in [-0.15, -0.1) is 11.8 Å². The predicted molar refractivity (Wildman–Crippen MR) is 72.9 cm³/mol. The van der Waals surface area contributed by atoms with Crippen LogP contribution in [0.25, 0.3) is 0 Å². The quantitative estimate of drug-likeness (QED) is 0.827. The molecule has 0 aliphatic rings. The average Bonchev–Trinajstić information content (AvgIpc) is 2.79. The van der Waals surface area contributed by atoms with Crippen LogP contribution in [-0.2, 0) is 5.75 Å². The minimum Gasteiger partial charge on any atom is -0.324 e. The van der Waals surface area contributed by atoms with Gasteiger partial charge in [0, 0.05) is 16.7 Å². The summed E-state index contributed by atoms with van der Waals surface area (Å²) in [5.74, 6) is 1.03. The van der Waals surface area contributed by atoms with Crippen molar-refractivity contribution >= 4 is 23.1 Å². The second-order valence-electron chi connectivity index (χ2n) is 3.78. The van der Waals surface area contributed by atoms with Gasteiger partial charge < -0.3 is 5.73 Å². The highest BCUT2D eigenvalue weighted by Crippen LogP contribution is 2.25. The highest BCUT2D eigenvalue weighted by molar-refractivity contribution is 7.98. The summed E-state index contributed by atoms with van der Waals surface area (Å²) in [5.41, 5.74) is 8.46. The van der Waals surface area contributed by atoms with Crippen LogP contribution in [0.1, 0.15) is 24.1 Å². The highest BCUT2D eigenvalue weighted by atomic mass is 32.2. The minimum absolute atomic E-state index is 0.113. The summed E-state index contributed by atoms with van der Waals surface area (Å²) in [5, 5.41) is 4.32. The van der Waals surface area contributed by atoms with E-state index in [1.807, 2.05) is 18.7 Å². The summed E-state index contributed by atoms with van der Waals surface area (Å²) in [4.78, 5) is 1.29. The molecule has 3 heteroatoms. The van der Waals surface area contributed by atoms with E-state index in [0.717, 1.165) is 5.75 Å². The molecule has 2 aromatic rings. The number of hydrogen-bond acceptors (Lipinski definition) is 3. The van der Waals surface area contributed by atoms with Gasteiger partial charge in [0.05, 0.1) is 0 Å². The van der Waals surface area contributed by atoms with Gasteiger partial charge in [0.15, 0.2) is 0 Å². The largest absolute Gasteiger partial charge is 0.324 e. The molecule has 0 radical (unpaired) electrons. The Bertz CT molecular complexity index is 435. The van der Waals surface area contributed by atoms with E-state index < -0.39 is 0 Å². The molecule has 16 heavy (non-hydrogen) atoms. The zero-order chi connectivity index (χ0) is 11.4. The molecule has 84 valence electrons. The van der Waals surface area contributed by atoms with Gasteiger partial charge in [0.1, 0.15) is 0 Å². The second kappa shape index (κ2) is 5.53. The van der Waals surface area contributed by atoms with E-state index in [9.17, 15) is 0 Å². The fraction of sp³-hybridized carbons (Fsp3) is 0.231. The van der Waals surface area contributed by atoms with Gasteiger partial charge in [-0.2, -0.15) is 11.3 Å². The third-order valence-corrected chi connectivity index (χ3v) is 4.17. The fourth-order valence-corrected chi connectivity index (χ4v) is 3.11. The molecule has 0 saturated carbocycles. The summed E-state index contributed by atoms with van der Waals surface area (Å²) in [6, 6.07) is 10.8. The van der Waals surface area contributed by atoms with Crippen molar-refractivity contribution in [3.05, 3.63) is 52.2 Å². The number of thioether (sulfide) groups is 1. The van der Waals surface area contributed by atoms with Gasteiger partial charge in [-0.1, -0.05) is 12.1 Å². The van der Waals surface area contributed by atoms with E-state index >= 15 is 0 Å². The van der Waals surface area contributed by atoms with E-state index in [-0.39, 0.29) is 6.04 Å². The van der Waals surface area contributed by atoms with Crippen LogP contribution < -0.4 is 5.73 Å². The molecular formula is C13H15NS2.